The van der Waals surface area contributed by atoms with Gasteiger partial charge in [0.1, 0.15) is 5.76 Å². The second kappa shape index (κ2) is 6.93. The fourth-order valence-electron chi connectivity index (χ4n) is 3.02. The Morgan fingerprint density at radius 1 is 1.45 bits per heavy atom. The molecular formula is C16H25NO3. The Hall–Kier alpha value is -1.29. The Balaban J connectivity index is 1.86. The van der Waals surface area contributed by atoms with Crippen molar-refractivity contribution in [1.29, 1.82) is 0 Å². The number of carbonyl (C=O) groups excluding carboxylic acids is 1. The smallest absolute Gasteiger partial charge is 0.287 e. The van der Waals surface area contributed by atoms with Crippen molar-refractivity contribution in [3.05, 3.63) is 23.2 Å². The summed E-state index contributed by atoms with van der Waals surface area (Å²) in [6.07, 6.45) is 5.20. The zero-order valence-corrected chi connectivity index (χ0v) is 12.4. The van der Waals surface area contributed by atoms with E-state index in [0.29, 0.717) is 24.1 Å². The minimum atomic E-state index is -0.117. The molecule has 1 fully saturated rings. The Morgan fingerprint density at radius 3 is 2.85 bits per heavy atom. The van der Waals surface area contributed by atoms with Crippen molar-refractivity contribution < 1.29 is 14.3 Å². The molecular weight excluding hydrogens is 254 g/mol. The van der Waals surface area contributed by atoms with Crippen molar-refractivity contribution in [2.45, 2.75) is 46.0 Å². The molecule has 1 aromatic rings. The molecule has 0 unspecified atom stereocenters. The summed E-state index contributed by atoms with van der Waals surface area (Å²) in [5.74, 6) is 2.06. The Morgan fingerprint density at radius 2 is 2.20 bits per heavy atom. The van der Waals surface area contributed by atoms with Gasteiger partial charge < -0.3 is 14.8 Å². The largest absolute Gasteiger partial charge is 0.456 e. The first-order chi connectivity index (χ1) is 9.63. The minimum Gasteiger partial charge on any atom is -0.456 e. The molecule has 2 rings (SSSR count). The lowest BCUT2D eigenvalue weighted by Crippen LogP contribution is -2.32. The summed E-state index contributed by atoms with van der Waals surface area (Å²) in [7, 11) is 0. The van der Waals surface area contributed by atoms with Crippen LogP contribution in [-0.2, 0) is 6.42 Å². The van der Waals surface area contributed by atoms with Gasteiger partial charge in [-0.25, -0.2) is 0 Å². The summed E-state index contributed by atoms with van der Waals surface area (Å²) < 4.78 is 5.56. The second-order valence-electron chi connectivity index (χ2n) is 5.87. The molecule has 1 saturated carbocycles. The van der Waals surface area contributed by atoms with E-state index >= 15 is 0 Å². The third-order valence-electron chi connectivity index (χ3n) is 4.22. The molecule has 1 amide bonds. The first-order valence-electron chi connectivity index (χ1n) is 7.62. The van der Waals surface area contributed by atoms with Crippen LogP contribution in [0.15, 0.2) is 10.5 Å². The number of hydrogen-bond acceptors (Lipinski definition) is 3. The lowest BCUT2D eigenvalue weighted by atomic mass is 9.82. The van der Waals surface area contributed by atoms with Crippen LogP contribution >= 0.6 is 0 Å². The molecule has 1 aliphatic rings. The van der Waals surface area contributed by atoms with Crippen molar-refractivity contribution >= 4 is 5.91 Å². The van der Waals surface area contributed by atoms with E-state index in [9.17, 15) is 9.90 Å². The molecule has 0 bridgehead atoms. The molecule has 2 atom stereocenters. The molecule has 0 saturated heterocycles. The third kappa shape index (κ3) is 3.63. The highest BCUT2D eigenvalue weighted by Crippen LogP contribution is 2.28. The van der Waals surface area contributed by atoms with E-state index in [1.165, 1.54) is 0 Å². The molecule has 2 N–H and O–H groups in total. The van der Waals surface area contributed by atoms with E-state index < -0.39 is 0 Å². The summed E-state index contributed by atoms with van der Waals surface area (Å²) in [6, 6.07) is 1.93. The highest BCUT2D eigenvalue weighted by atomic mass is 16.4. The predicted octanol–water partition coefficient (Wildman–Crippen LogP) is 2.68. The SMILES string of the molecule is CCc1cc(C)c(C(=O)NC[C@H]2CCC[C@@H](CO)C2)o1. The number of hydrogen-bond donors (Lipinski definition) is 2. The molecule has 112 valence electrons. The van der Waals surface area contributed by atoms with Gasteiger partial charge in [0.15, 0.2) is 5.76 Å². The van der Waals surface area contributed by atoms with Crippen LogP contribution in [-0.4, -0.2) is 24.2 Å². The molecule has 0 aromatic carbocycles. The monoisotopic (exact) mass is 279 g/mol. The number of aryl methyl sites for hydroxylation is 2. The zero-order chi connectivity index (χ0) is 14.5. The first kappa shape index (κ1) is 15.1. The van der Waals surface area contributed by atoms with Gasteiger partial charge in [0.25, 0.3) is 5.91 Å². The second-order valence-corrected chi connectivity index (χ2v) is 5.87. The van der Waals surface area contributed by atoms with Gasteiger partial charge in [0.05, 0.1) is 0 Å². The van der Waals surface area contributed by atoms with Crippen LogP contribution in [0.2, 0.25) is 0 Å². The maximum absolute atomic E-state index is 12.1. The van der Waals surface area contributed by atoms with Crippen LogP contribution in [0.4, 0.5) is 0 Å². The van der Waals surface area contributed by atoms with Crippen molar-refractivity contribution in [1.82, 2.24) is 5.32 Å². The molecule has 0 radical (unpaired) electrons. The number of carbonyl (C=O) groups is 1. The zero-order valence-electron chi connectivity index (χ0n) is 12.4. The lowest BCUT2D eigenvalue weighted by Gasteiger charge is -2.27. The van der Waals surface area contributed by atoms with Gasteiger partial charge in [-0.1, -0.05) is 13.3 Å². The number of amides is 1. The van der Waals surface area contributed by atoms with Crippen LogP contribution in [0.3, 0.4) is 0 Å². The van der Waals surface area contributed by atoms with Crippen molar-refractivity contribution in [2.24, 2.45) is 11.8 Å². The van der Waals surface area contributed by atoms with Crippen molar-refractivity contribution in [3.63, 3.8) is 0 Å². The first-order valence-corrected chi connectivity index (χ1v) is 7.62. The van der Waals surface area contributed by atoms with Gasteiger partial charge in [-0.15, -0.1) is 0 Å². The summed E-state index contributed by atoms with van der Waals surface area (Å²) in [6.45, 7) is 4.86. The maximum atomic E-state index is 12.1. The van der Waals surface area contributed by atoms with Crippen LogP contribution in [0.1, 0.15) is 54.5 Å². The fourth-order valence-corrected chi connectivity index (χ4v) is 3.02. The Kier molecular flexibility index (Phi) is 5.24. The average Bonchev–Trinajstić information content (AvgIpc) is 2.86. The molecule has 4 nitrogen and oxygen atoms in total. The normalized spacial score (nSPS) is 22.8. The van der Waals surface area contributed by atoms with Gasteiger partial charge in [-0.05, 0) is 44.1 Å². The van der Waals surface area contributed by atoms with E-state index in [1.807, 2.05) is 19.9 Å². The van der Waals surface area contributed by atoms with Crippen LogP contribution in [0.25, 0.3) is 0 Å². The standard InChI is InChI=1S/C16H25NO3/c1-3-14-7-11(2)15(20-14)16(19)17-9-12-5-4-6-13(8-12)10-18/h7,12-13,18H,3-6,8-10H2,1-2H3,(H,17,19)/t12-,13+/m0/s1. The topological polar surface area (TPSA) is 62.5 Å². The van der Waals surface area contributed by atoms with Crippen LogP contribution < -0.4 is 5.32 Å². The van der Waals surface area contributed by atoms with Gasteiger partial charge in [0.2, 0.25) is 0 Å². The number of nitrogens with one attached hydrogen (secondary N) is 1. The quantitative estimate of drug-likeness (QED) is 0.871. The molecule has 4 heteroatoms. The summed E-state index contributed by atoms with van der Waals surface area (Å²) in [5.41, 5.74) is 0.899. The number of furan rings is 1. The van der Waals surface area contributed by atoms with Gasteiger partial charge in [0, 0.05) is 25.1 Å². The third-order valence-corrected chi connectivity index (χ3v) is 4.22. The van der Waals surface area contributed by atoms with E-state index in [4.69, 9.17) is 4.42 Å². The highest BCUT2D eigenvalue weighted by Gasteiger charge is 2.23. The Bertz CT molecular complexity index is 453. The molecule has 1 heterocycles. The molecule has 1 aliphatic carbocycles. The number of aliphatic hydroxyl groups excluding tert-OH is 1. The number of aliphatic hydroxyl groups is 1. The van der Waals surface area contributed by atoms with Crippen molar-refractivity contribution in [3.8, 4) is 0 Å². The predicted molar refractivity (Wildman–Crippen MR) is 77.7 cm³/mol. The highest BCUT2D eigenvalue weighted by molar-refractivity contribution is 5.92. The van der Waals surface area contributed by atoms with Crippen LogP contribution in [0.5, 0.6) is 0 Å². The van der Waals surface area contributed by atoms with Crippen molar-refractivity contribution in [2.75, 3.05) is 13.2 Å². The van der Waals surface area contributed by atoms with Crippen LogP contribution in [0, 0.1) is 18.8 Å². The van der Waals surface area contributed by atoms with Gasteiger partial charge in [-0.2, -0.15) is 0 Å². The Labute approximate surface area is 120 Å². The fraction of sp³-hybridized carbons (Fsp3) is 0.688. The summed E-state index contributed by atoms with van der Waals surface area (Å²) >= 11 is 0. The van der Waals surface area contributed by atoms with Gasteiger partial charge in [-0.3, -0.25) is 4.79 Å². The van der Waals surface area contributed by atoms with E-state index in [-0.39, 0.29) is 12.5 Å². The summed E-state index contributed by atoms with van der Waals surface area (Å²) in [5, 5.41) is 12.2. The maximum Gasteiger partial charge on any atom is 0.287 e. The molecule has 1 aromatic heterocycles. The van der Waals surface area contributed by atoms with E-state index in [1.54, 1.807) is 0 Å². The average molecular weight is 279 g/mol. The van der Waals surface area contributed by atoms with E-state index in [2.05, 4.69) is 5.32 Å². The lowest BCUT2D eigenvalue weighted by molar-refractivity contribution is 0.0904. The molecule has 0 aliphatic heterocycles. The minimum absolute atomic E-state index is 0.117. The summed E-state index contributed by atoms with van der Waals surface area (Å²) in [4.78, 5) is 12.1. The van der Waals surface area contributed by atoms with E-state index in [0.717, 1.165) is 43.4 Å². The number of rotatable bonds is 5. The molecule has 20 heavy (non-hydrogen) atoms. The molecule has 0 spiro atoms. The van der Waals surface area contributed by atoms with Gasteiger partial charge >= 0.3 is 0 Å².